The molecule has 9 rings (SSSR count). The van der Waals surface area contributed by atoms with Crippen LogP contribution in [0.3, 0.4) is 0 Å². The lowest BCUT2D eigenvalue weighted by atomic mass is 9.93. The van der Waals surface area contributed by atoms with Gasteiger partial charge in [-0.1, -0.05) is 24.3 Å². The number of imide groups is 1. The van der Waals surface area contributed by atoms with Gasteiger partial charge in [0, 0.05) is 81.0 Å². The molecule has 0 saturated carbocycles. The number of rotatable bonds is 8. The number of benzene rings is 2. The number of alkyl halides is 1. The van der Waals surface area contributed by atoms with E-state index in [4.69, 9.17) is 10.5 Å². The molecule has 318 valence electrons. The minimum atomic E-state index is -1.08. The number of aryl methyl sites for hydroxylation is 1. The Morgan fingerprint density at radius 2 is 1.79 bits per heavy atom. The fraction of sp³-hybridized carbons (Fsp3) is 0.422. The monoisotopic (exact) mass is 830 g/mol. The quantitative estimate of drug-likeness (QED) is 0.177. The van der Waals surface area contributed by atoms with Gasteiger partial charge in [0.1, 0.15) is 23.7 Å². The molecular weight excluding hydrogens is 780 g/mol. The summed E-state index contributed by atoms with van der Waals surface area (Å²) in [6.45, 7) is 8.52. The number of nitrogens with zero attached hydrogens (tertiary/aromatic N) is 8. The van der Waals surface area contributed by atoms with Gasteiger partial charge in [0.05, 0.1) is 35.9 Å². The summed E-state index contributed by atoms with van der Waals surface area (Å²) in [6.07, 6.45) is 4.85. The van der Waals surface area contributed by atoms with Gasteiger partial charge in [0.2, 0.25) is 5.91 Å². The first-order chi connectivity index (χ1) is 29.5. The number of hydrogen-bond donors (Lipinski definition) is 3. The molecule has 0 radical (unpaired) electrons. The van der Waals surface area contributed by atoms with Crippen LogP contribution in [-0.2, 0) is 9.53 Å². The number of nitrogens with one attached hydrogen (secondary N) is 1. The Labute approximate surface area is 353 Å². The average molecular weight is 831 g/mol. The van der Waals surface area contributed by atoms with Crippen molar-refractivity contribution in [3.8, 4) is 17.0 Å². The van der Waals surface area contributed by atoms with E-state index in [1.165, 1.54) is 4.90 Å². The molecule has 0 spiro atoms. The Morgan fingerprint density at radius 3 is 2.54 bits per heavy atom. The minimum Gasteiger partial charge on any atom is -0.507 e. The van der Waals surface area contributed by atoms with Gasteiger partial charge in [0.15, 0.2) is 5.82 Å². The van der Waals surface area contributed by atoms with Crippen LogP contribution in [-0.4, -0.2) is 117 Å². The van der Waals surface area contributed by atoms with Gasteiger partial charge in [-0.05, 0) is 86.6 Å². The maximum Gasteiger partial charge on any atom is 0.328 e. The second-order valence-electron chi connectivity index (χ2n) is 16.9. The molecule has 16 heteroatoms. The maximum absolute atomic E-state index is 16.0. The van der Waals surface area contributed by atoms with Crippen LogP contribution in [0.5, 0.6) is 5.75 Å². The highest BCUT2D eigenvalue weighted by Gasteiger charge is 2.35. The average Bonchev–Trinajstić information content (AvgIpc) is 3.59. The van der Waals surface area contributed by atoms with Crippen molar-refractivity contribution >= 4 is 46.1 Å². The molecule has 4 amide bonds. The van der Waals surface area contributed by atoms with Crippen LogP contribution >= 0.6 is 0 Å². The molecule has 0 unspecified atom stereocenters. The molecule has 61 heavy (non-hydrogen) atoms. The third-order valence-corrected chi connectivity index (χ3v) is 12.8. The Kier molecular flexibility index (Phi) is 11.0. The highest BCUT2D eigenvalue weighted by molar-refractivity contribution is 6.06. The maximum atomic E-state index is 16.0. The third-order valence-electron chi connectivity index (χ3n) is 12.8. The predicted molar refractivity (Wildman–Crippen MR) is 229 cm³/mol. The zero-order chi connectivity index (χ0) is 42.4. The summed E-state index contributed by atoms with van der Waals surface area (Å²) >= 11 is 0. The van der Waals surface area contributed by atoms with Crippen molar-refractivity contribution in [3.63, 3.8) is 0 Å². The van der Waals surface area contributed by atoms with E-state index in [-0.39, 0.29) is 48.7 Å². The zero-order valence-corrected chi connectivity index (χ0v) is 34.4. The number of urea groups is 1. The van der Waals surface area contributed by atoms with Crippen LogP contribution in [0.25, 0.3) is 22.3 Å². The van der Waals surface area contributed by atoms with Crippen LogP contribution in [0, 0.1) is 12.8 Å². The van der Waals surface area contributed by atoms with Gasteiger partial charge < -0.3 is 34.8 Å². The number of phenolic OH excluding ortho intramolecular Hbond substituents is 1. The van der Waals surface area contributed by atoms with E-state index in [1.807, 2.05) is 65.1 Å². The van der Waals surface area contributed by atoms with Crippen molar-refractivity contribution in [2.75, 3.05) is 68.0 Å². The number of pyridine rings is 1. The summed E-state index contributed by atoms with van der Waals surface area (Å²) in [5.74, 6) is 0.505. The molecule has 0 bridgehead atoms. The number of nitrogen functional groups attached to an aromatic ring is 1. The molecule has 4 N–H and O–H groups in total. The number of aromatic nitrogens is 4. The van der Waals surface area contributed by atoms with Crippen molar-refractivity contribution in [3.05, 3.63) is 89.7 Å². The summed E-state index contributed by atoms with van der Waals surface area (Å²) in [5, 5.41) is 22.1. The van der Waals surface area contributed by atoms with Crippen molar-refractivity contribution < 1.29 is 28.6 Å². The van der Waals surface area contributed by atoms with Gasteiger partial charge in [0.25, 0.3) is 5.91 Å². The van der Waals surface area contributed by atoms with E-state index in [0.717, 1.165) is 48.1 Å². The number of piperidine rings is 2. The first-order valence-corrected chi connectivity index (χ1v) is 21.1. The lowest BCUT2D eigenvalue weighted by Gasteiger charge is -2.40. The van der Waals surface area contributed by atoms with E-state index in [1.54, 1.807) is 24.4 Å². The number of para-hydroxylation sites is 1. The number of phenols is 1. The van der Waals surface area contributed by atoms with Crippen LogP contribution < -0.4 is 20.9 Å². The van der Waals surface area contributed by atoms with Crippen molar-refractivity contribution in [1.29, 1.82) is 0 Å². The van der Waals surface area contributed by atoms with Crippen LogP contribution in [0.1, 0.15) is 66.2 Å². The number of carbonyl (C=O) groups excluding carboxylic acids is 3. The summed E-state index contributed by atoms with van der Waals surface area (Å²) in [4.78, 5) is 50.2. The minimum absolute atomic E-state index is 0.00560. The number of fused-ring (bicyclic) bond motifs is 1. The lowest BCUT2D eigenvalue weighted by Crippen LogP contribution is -2.49. The van der Waals surface area contributed by atoms with Crippen molar-refractivity contribution in [2.45, 2.75) is 63.9 Å². The fourth-order valence-corrected chi connectivity index (χ4v) is 9.37. The number of halogens is 1. The molecule has 4 saturated heterocycles. The number of amides is 4. The molecule has 7 heterocycles. The number of nitrogens with two attached hydrogens (primary N) is 1. The molecule has 3 aromatic heterocycles. The van der Waals surface area contributed by atoms with Gasteiger partial charge >= 0.3 is 6.03 Å². The molecule has 5 aromatic rings. The number of morpholine rings is 1. The van der Waals surface area contributed by atoms with Gasteiger partial charge in [-0.2, -0.15) is 0 Å². The van der Waals surface area contributed by atoms with E-state index < -0.39 is 12.2 Å². The Hall–Kier alpha value is -6.13. The lowest BCUT2D eigenvalue weighted by molar-refractivity contribution is -0.120. The number of ether oxygens (including phenoxy) is 1. The van der Waals surface area contributed by atoms with E-state index in [0.29, 0.717) is 79.1 Å². The topological polar surface area (TPSA) is 175 Å². The molecule has 15 nitrogen and oxygen atoms in total. The largest absolute Gasteiger partial charge is 0.507 e. The van der Waals surface area contributed by atoms with E-state index in [2.05, 4.69) is 37.2 Å². The zero-order valence-electron chi connectivity index (χ0n) is 34.4. The van der Waals surface area contributed by atoms with Crippen molar-refractivity contribution in [2.24, 2.45) is 5.92 Å². The van der Waals surface area contributed by atoms with Crippen LogP contribution in [0.2, 0.25) is 0 Å². The first kappa shape index (κ1) is 40.3. The standard InChI is InChI=1S/C45H51FN10O5/c1-27-22-56(43-34(27)19-32(21-48-43)54-18-14-41(58)49-45(54)60)37-13-15-52(24-35(37)46)23-29-11-16-53(17-12-29)44(59)31-9-7-30(8-10-31)40-25-55(28(2)26-61-40)38-20-36(50-51-42(38)47)33-5-3-4-6-39(33)57/h3-10,19-22,28-29,35,37,40,57H,11-18,23-26H2,1-2H3,(H2,47,51)(H,49,58,60)/t28-,35-,37+,40+/m1/s1. The first-order valence-electron chi connectivity index (χ1n) is 21.1. The molecule has 4 fully saturated rings. The number of anilines is 3. The highest BCUT2D eigenvalue weighted by atomic mass is 19.1. The molecule has 0 aliphatic carbocycles. The molecule has 4 atom stereocenters. The van der Waals surface area contributed by atoms with Crippen molar-refractivity contribution in [1.82, 2.24) is 34.9 Å². The Morgan fingerprint density at radius 1 is 1.00 bits per heavy atom. The molecule has 2 aromatic carbocycles. The fourth-order valence-electron chi connectivity index (χ4n) is 9.37. The summed E-state index contributed by atoms with van der Waals surface area (Å²) < 4.78 is 24.2. The van der Waals surface area contributed by atoms with Crippen LogP contribution in [0.4, 0.5) is 26.4 Å². The molecule has 4 aliphatic heterocycles. The third kappa shape index (κ3) is 8.09. The number of carbonyl (C=O) groups is 3. The number of likely N-dealkylation sites (tertiary alicyclic amines) is 2. The van der Waals surface area contributed by atoms with Crippen LogP contribution in [0.15, 0.2) is 73.1 Å². The second kappa shape index (κ2) is 16.7. The van der Waals surface area contributed by atoms with Gasteiger partial charge in [-0.25, -0.2) is 14.2 Å². The SMILES string of the molecule is Cc1cn([C@H]2CCN(CC3CCN(C(=O)c4ccc([C@@H]5CN(c6cc(-c7ccccc7O)nnc6N)[C@H](C)CO5)cc4)CC3)C[C@H]2F)c2ncc(N3CCC(=O)NC3=O)cc12. The second-order valence-corrected chi connectivity index (χ2v) is 16.9. The summed E-state index contributed by atoms with van der Waals surface area (Å²) in [7, 11) is 0. The summed E-state index contributed by atoms with van der Waals surface area (Å²) in [6, 6.07) is 17.6. The van der Waals surface area contributed by atoms with Gasteiger partial charge in [-0.3, -0.25) is 19.8 Å². The normalized spacial score (nSPS) is 23.1. The highest BCUT2D eigenvalue weighted by Crippen LogP contribution is 2.37. The van der Waals surface area contributed by atoms with E-state index in [9.17, 15) is 19.5 Å². The predicted octanol–water partition coefficient (Wildman–Crippen LogP) is 5.64. The van der Waals surface area contributed by atoms with E-state index >= 15 is 4.39 Å². The number of hydrogen-bond acceptors (Lipinski definition) is 11. The number of aromatic hydroxyl groups is 1. The van der Waals surface area contributed by atoms with Gasteiger partial charge in [-0.15, -0.1) is 10.2 Å². The Bertz CT molecular complexity index is 2450. The summed E-state index contributed by atoms with van der Waals surface area (Å²) in [5.41, 5.74) is 12.0. The molecule has 4 aliphatic rings. The molecular formula is C45H51FN10O5. The Balaban J connectivity index is 0.772. The smallest absolute Gasteiger partial charge is 0.328 e.